The normalized spacial score (nSPS) is 12.2. The van der Waals surface area contributed by atoms with Gasteiger partial charge < -0.3 is 4.74 Å². The van der Waals surface area contributed by atoms with Crippen molar-refractivity contribution in [1.82, 2.24) is 15.0 Å². The highest BCUT2D eigenvalue weighted by molar-refractivity contribution is 5.74. The Hall–Kier alpha value is -2.69. The van der Waals surface area contributed by atoms with E-state index in [1.54, 1.807) is 4.68 Å². The molecule has 0 radical (unpaired) electrons. The monoisotopic (exact) mass is 267 g/mol. The van der Waals surface area contributed by atoms with E-state index in [1.165, 1.54) is 6.92 Å². The molecule has 0 aliphatic heterocycles. The zero-order valence-electron chi connectivity index (χ0n) is 10.9. The fourth-order valence-electron chi connectivity index (χ4n) is 2.09. The fraction of sp³-hybridized carbons (Fsp3) is 0.133. The Morgan fingerprint density at radius 2 is 1.80 bits per heavy atom. The minimum atomic E-state index is -0.610. The van der Waals surface area contributed by atoms with E-state index in [0.717, 1.165) is 16.6 Å². The second-order valence-corrected chi connectivity index (χ2v) is 4.40. The zero-order valence-corrected chi connectivity index (χ0v) is 10.9. The molecule has 0 amide bonds. The Bertz CT molecular complexity index is 737. The van der Waals surface area contributed by atoms with Crippen molar-refractivity contribution in [1.29, 1.82) is 0 Å². The minimum Gasteiger partial charge on any atom is -0.435 e. The first-order valence-corrected chi connectivity index (χ1v) is 6.28. The second kappa shape index (κ2) is 5.13. The molecule has 20 heavy (non-hydrogen) atoms. The third-order valence-electron chi connectivity index (χ3n) is 2.96. The van der Waals surface area contributed by atoms with E-state index in [0.29, 0.717) is 0 Å². The first-order valence-electron chi connectivity index (χ1n) is 6.28. The standard InChI is InChI=1S/C15H13N3O2/c1-11(19)20-15(12-7-3-2-4-8-12)18-14-10-6-5-9-13(14)16-17-18/h2-10,15H,1H3. The number of aromatic nitrogens is 3. The predicted octanol–water partition coefficient (Wildman–Crippen LogP) is 2.54. The van der Waals surface area contributed by atoms with Gasteiger partial charge in [-0.05, 0) is 12.1 Å². The molecular weight excluding hydrogens is 254 g/mol. The summed E-state index contributed by atoms with van der Waals surface area (Å²) in [7, 11) is 0. The number of rotatable bonds is 3. The van der Waals surface area contributed by atoms with Crippen molar-refractivity contribution in [2.24, 2.45) is 0 Å². The number of benzene rings is 2. The van der Waals surface area contributed by atoms with Gasteiger partial charge in [0.15, 0.2) is 0 Å². The van der Waals surface area contributed by atoms with Crippen LogP contribution in [0.25, 0.3) is 11.0 Å². The van der Waals surface area contributed by atoms with Gasteiger partial charge in [-0.1, -0.05) is 47.7 Å². The average Bonchev–Trinajstić information content (AvgIpc) is 2.89. The smallest absolute Gasteiger partial charge is 0.304 e. The molecule has 0 N–H and O–H groups in total. The molecular formula is C15H13N3O2. The van der Waals surface area contributed by atoms with E-state index < -0.39 is 6.23 Å². The topological polar surface area (TPSA) is 57.0 Å². The Morgan fingerprint density at radius 3 is 2.55 bits per heavy atom. The summed E-state index contributed by atoms with van der Waals surface area (Å²) in [5, 5.41) is 8.21. The van der Waals surface area contributed by atoms with Crippen LogP contribution >= 0.6 is 0 Å². The van der Waals surface area contributed by atoms with Crippen molar-refractivity contribution in [3.8, 4) is 0 Å². The van der Waals surface area contributed by atoms with Crippen LogP contribution in [0.4, 0.5) is 0 Å². The van der Waals surface area contributed by atoms with Crippen LogP contribution in [0.5, 0.6) is 0 Å². The molecule has 5 heteroatoms. The van der Waals surface area contributed by atoms with Crippen LogP contribution in [0, 0.1) is 0 Å². The molecule has 0 aliphatic rings. The maximum Gasteiger partial charge on any atom is 0.304 e. The highest BCUT2D eigenvalue weighted by atomic mass is 16.6. The number of para-hydroxylation sites is 1. The molecule has 1 aromatic heterocycles. The first kappa shape index (κ1) is 12.3. The van der Waals surface area contributed by atoms with Gasteiger partial charge in [0.1, 0.15) is 5.52 Å². The van der Waals surface area contributed by atoms with Crippen LogP contribution in [0.3, 0.4) is 0 Å². The van der Waals surface area contributed by atoms with Crippen molar-refractivity contribution in [3.63, 3.8) is 0 Å². The van der Waals surface area contributed by atoms with Gasteiger partial charge in [0.25, 0.3) is 0 Å². The third-order valence-corrected chi connectivity index (χ3v) is 2.96. The summed E-state index contributed by atoms with van der Waals surface area (Å²) in [6.45, 7) is 1.38. The maximum atomic E-state index is 11.4. The van der Waals surface area contributed by atoms with Gasteiger partial charge in [0.05, 0.1) is 5.52 Å². The SMILES string of the molecule is CC(=O)OC(c1ccccc1)n1nnc2ccccc21. The first-order chi connectivity index (χ1) is 9.75. The molecule has 0 aliphatic carbocycles. The molecule has 5 nitrogen and oxygen atoms in total. The molecule has 1 heterocycles. The summed E-state index contributed by atoms with van der Waals surface area (Å²) in [6, 6.07) is 17.0. The number of esters is 1. The van der Waals surface area contributed by atoms with Gasteiger partial charge in [-0.15, -0.1) is 5.10 Å². The summed E-state index contributed by atoms with van der Waals surface area (Å²) < 4.78 is 7.03. The zero-order chi connectivity index (χ0) is 13.9. The molecule has 0 saturated carbocycles. The number of hydrogen-bond acceptors (Lipinski definition) is 4. The van der Waals surface area contributed by atoms with Crippen LogP contribution < -0.4 is 0 Å². The van der Waals surface area contributed by atoms with E-state index in [2.05, 4.69) is 10.3 Å². The molecule has 0 bridgehead atoms. The quantitative estimate of drug-likeness (QED) is 0.684. The van der Waals surface area contributed by atoms with Gasteiger partial charge in [-0.2, -0.15) is 0 Å². The summed E-state index contributed by atoms with van der Waals surface area (Å²) in [5.41, 5.74) is 2.43. The molecule has 3 aromatic rings. The summed E-state index contributed by atoms with van der Waals surface area (Å²) in [4.78, 5) is 11.4. The molecule has 0 spiro atoms. The number of fused-ring (bicyclic) bond motifs is 1. The van der Waals surface area contributed by atoms with Crippen LogP contribution in [-0.4, -0.2) is 21.0 Å². The molecule has 2 aromatic carbocycles. The van der Waals surface area contributed by atoms with Crippen molar-refractivity contribution in [2.45, 2.75) is 13.2 Å². The Morgan fingerprint density at radius 1 is 1.10 bits per heavy atom. The molecule has 1 unspecified atom stereocenters. The van der Waals surface area contributed by atoms with Gasteiger partial charge >= 0.3 is 5.97 Å². The number of nitrogens with zero attached hydrogens (tertiary/aromatic N) is 3. The summed E-state index contributed by atoms with van der Waals surface area (Å²) in [5.74, 6) is -0.363. The summed E-state index contributed by atoms with van der Waals surface area (Å²) in [6.07, 6.45) is -0.610. The average molecular weight is 267 g/mol. The highest BCUT2D eigenvalue weighted by Crippen LogP contribution is 2.23. The van der Waals surface area contributed by atoms with E-state index in [9.17, 15) is 4.79 Å². The van der Waals surface area contributed by atoms with Crippen LogP contribution in [-0.2, 0) is 9.53 Å². The molecule has 1 atom stereocenters. The van der Waals surface area contributed by atoms with Crippen molar-refractivity contribution in [2.75, 3.05) is 0 Å². The lowest BCUT2D eigenvalue weighted by molar-refractivity contribution is -0.148. The van der Waals surface area contributed by atoms with Gasteiger partial charge in [0.2, 0.25) is 6.23 Å². The number of carbonyl (C=O) groups is 1. The van der Waals surface area contributed by atoms with Gasteiger partial charge in [-0.25, -0.2) is 4.68 Å². The molecule has 100 valence electrons. The highest BCUT2D eigenvalue weighted by Gasteiger charge is 2.20. The largest absolute Gasteiger partial charge is 0.435 e. The Kier molecular flexibility index (Phi) is 3.16. The lowest BCUT2D eigenvalue weighted by Gasteiger charge is -2.17. The predicted molar refractivity (Wildman–Crippen MR) is 73.9 cm³/mol. The van der Waals surface area contributed by atoms with E-state index in [4.69, 9.17) is 4.74 Å². The van der Waals surface area contributed by atoms with E-state index in [1.807, 2.05) is 54.6 Å². The number of ether oxygens (including phenoxy) is 1. The lowest BCUT2D eigenvalue weighted by Crippen LogP contribution is -2.18. The number of carbonyl (C=O) groups excluding carboxylic acids is 1. The minimum absolute atomic E-state index is 0.363. The van der Waals surface area contributed by atoms with Crippen LogP contribution in [0.1, 0.15) is 18.7 Å². The summed E-state index contributed by atoms with van der Waals surface area (Å²) >= 11 is 0. The molecule has 3 rings (SSSR count). The second-order valence-electron chi connectivity index (χ2n) is 4.40. The van der Waals surface area contributed by atoms with Crippen molar-refractivity contribution >= 4 is 17.0 Å². The van der Waals surface area contributed by atoms with Crippen LogP contribution in [0.15, 0.2) is 54.6 Å². The van der Waals surface area contributed by atoms with E-state index in [-0.39, 0.29) is 5.97 Å². The van der Waals surface area contributed by atoms with Gasteiger partial charge in [-0.3, -0.25) is 4.79 Å². The lowest BCUT2D eigenvalue weighted by atomic mass is 10.2. The van der Waals surface area contributed by atoms with Gasteiger partial charge in [0, 0.05) is 12.5 Å². The Labute approximate surface area is 115 Å². The maximum absolute atomic E-state index is 11.4. The third kappa shape index (κ3) is 2.25. The number of hydrogen-bond donors (Lipinski definition) is 0. The molecule has 0 fully saturated rings. The Balaban J connectivity index is 2.12. The van der Waals surface area contributed by atoms with Crippen LogP contribution in [0.2, 0.25) is 0 Å². The van der Waals surface area contributed by atoms with E-state index >= 15 is 0 Å². The fourth-order valence-corrected chi connectivity index (χ4v) is 2.09. The van der Waals surface area contributed by atoms with Crippen molar-refractivity contribution in [3.05, 3.63) is 60.2 Å². The molecule has 0 saturated heterocycles. The van der Waals surface area contributed by atoms with Crippen molar-refractivity contribution < 1.29 is 9.53 Å².